The Balaban J connectivity index is 2.30. The molecule has 2 heterocycles. The summed E-state index contributed by atoms with van der Waals surface area (Å²) < 4.78 is 1.89. The second-order valence-electron chi connectivity index (χ2n) is 4.37. The average molecular weight is 234 g/mol. The van der Waals surface area contributed by atoms with Crippen molar-refractivity contribution in [2.75, 3.05) is 44.9 Å². The summed E-state index contributed by atoms with van der Waals surface area (Å²) in [5.41, 5.74) is 6.61. The van der Waals surface area contributed by atoms with Gasteiger partial charge in [0.1, 0.15) is 5.82 Å². The Morgan fingerprint density at radius 1 is 1.29 bits per heavy atom. The van der Waals surface area contributed by atoms with Crippen LogP contribution < -0.4 is 10.6 Å². The first-order valence-corrected chi connectivity index (χ1v) is 5.53. The van der Waals surface area contributed by atoms with Crippen molar-refractivity contribution >= 4 is 17.3 Å². The number of likely N-dealkylation sites (N-methyl/N-ethyl adjacent to an activating group) is 2. The maximum atomic E-state index is 5.78. The zero-order chi connectivity index (χ0) is 12.4. The number of fused-ring (bicyclic) bond motifs is 1. The molecule has 0 atom stereocenters. The lowest BCUT2D eigenvalue weighted by atomic mass is 10.4. The van der Waals surface area contributed by atoms with Crippen LogP contribution in [0.15, 0.2) is 18.6 Å². The van der Waals surface area contributed by atoms with E-state index in [2.05, 4.69) is 19.8 Å². The minimum Gasteiger partial charge on any atom is -0.382 e. The Morgan fingerprint density at radius 2 is 2.06 bits per heavy atom. The van der Waals surface area contributed by atoms with Gasteiger partial charge in [0.05, 0.1) is 6.20 Å². The quantitative estimate of drug-likeness (QED) is 0.825. The standard InChI is InChI=1S/C11H18N6/c1-15(2)6-7-16(3)11-10-13-4-5-17(10)8-9(12)14-11/h4-5,8H,6-7,12H2,1-3H3. The molecular weight excluding hydrogens is 216 g/mol. The summed E-state index contributed by atoms with van der Waals surface area (Å²) >= 11 is 0. The van der Waals surface area contributed by atoms with Crippen LogP contribution >= 0.6 is 0 Å². The van der Waals surface area contributed by atoms with E-state index in [0.717, 1.165) is 24.6 Å². The molecule has 0 aliphatic heterocycles. The van der Waals surface area contributed by atoms with Gasteiger partial charge in [0.2, 0.25) is 0 Å². The molecule has 6 heteroatoms. The molecule has 2 rings (SSSR count). The van der Waals surface area contributed by atoms with Crippen molar-refractivity contribution < 1.29 is 0 Å². The number of nitrogen functional groups attached to an aromatic ring is 1. The lowest BCUT2D eigenvalue weighted by Crippen LogP contribution is -2.29. The summed E-state index contributed by atoms with van der Waals surface area (Å²) in [5, 5.41) is 0. The highest BCUT2D eigenvalue weighted by Crippen LogP contribution is 2.17. The van der Waals surface area contributed by atoms with Crippen LogP contribution in [0.3, 0.4) is 0 Å². The van der Waals surface area contributed by atoms with Gasteiger partial charge < -0.3 is 19.9 Å². The molecule has 0 spiro atoms. The molecule has 0 saturated heterocycles. The molecular formula is C11H18N6. The van der Waals surface area contributed by atoms with Crippen LogP contribution in [-0.4, -0.2) is 53.5 Å². The normalized spacial score (nSPS) is 11.3. The molecule has 0 aliphatic carbocycles. The molecule has 0 saturated carbocycles. The number of nitrogens with two attached hydrogens (primary N) is 1. The molecule has 0 unspecified atom stereocenters. The summed E-state index contributed by atoms with van der Waals surface area (Å²) in [6.07, 6.45) is 5.39. The third-order valence-corrected chi connectivity index (χ3v) is 2.62. The van der Waals surface area contributed by atoms with E-state index in [1.54, 1.807) is 12.4 Å². The van der Waals surface area contributed by atoms with Crippen LogP contribution in [0.1, 0.15) is 0 Å². The average Bonchev–Trinajstić information content (AvgIpc) is 2.72. The first-order valence-electron chi connectivity index (χ1n) is 5.53. The fourth-order valence-electron chi connectivity index (χ4n) is 1.65. The van der Waals surface area contributed by atoms with Gasteiger partial charge in [0.25, 0.3) is 0 Å². The predicted octanol–water partition coefficient (Wildman–Crippen LogP) is 0.309. The van der Waals surface area contributed by atoms with E-state index in [0.29, 0.717) is 5.82 Å². The van der Waals surface area contributed by atoms with Crippen molar-refractivity contribution in [2.24, 2.45) is 0 Å². The molecule has 0 aromatic carbocycles. The second-order valence-corrected chi connectivity index (χ2v) is 4.37. The van der Waals surface area contributed by atoms with Gasteiger partial charge in [-0.15, -0.1) is 0 Å². The van der Waals surface area contributed by atoms with Gasteiger partial charge in [-0.25, -0.2) is 9.97 Å². The monoisotopic (exact) mass is 234 g/mol. The van der Waals surface area contributed by atoms with Crippen LogP contribution in [0.4, 0.5) is 11.6 Å². The third kappa shape index (κ3) is 2.47. The topological polar surface area (TPSA) is 62.7 Å². The van der Waals surface area contributed by atoms with Gasteiger partial charge in [-0.1, -0.05) is 0 Å². The summed E-state index contributed by atoms with van der Waals surface area (Å²) in [6, 6.07) is 0. The fourth-order valence-corrected chi connectivity index (χ4v) is 1.65. The van der Waals surface area contributed by atoms with Gasteiger partial charge in [0.15, 0.2) is 11.5 Å². The van der Waals surface area contributed by atoms with Gasteiger partial charge >= 0.3 is 0 Å². The number of hydrogen-bond acceptors (Lipinski definition) is 5. The largest absolute Gasteiger partial charge is 0.382 e. The smallest absolute Gasteiger partial charge is 0.180 e. The van der Waals surface area contributed by atoms with Crippen molar-refractivity contribution in [2.45, 2.75) is 0 Å². The Kier molecular flexibility index (Phi) is 3.14. The van der Waals surface area contributed by atoms with Crippen LogP contribution in [0, 0.1) is 0 Å². The van der Waals surface area contributed by atoms with Gasteiger partial charge in [-0.2, -0.15) is 0 Å². The Hall–Kier alpha value is -1.82. The molecule has 17 heavy (non-hydrogen) atoms. The predicted molar refractivity (Wildman–Crippen MR) is 69.2 cm³/mol. The number of rotatable bonds is 4. The Labute approximate surface area is 101 Å². The molecule has 2 aromatic heterocycles. The van der Waals surface area contributed by atoms with E-state index in [1.807, 2.05) is 31.7 Å². The highest BCUT2D eigenvalue weighted by Gasteiger charge is 2.10. The molecule has 0 bridgehead atoms. The molecule has 2 aromatic rings. The number of aromatic nitrogens is 3. The second kappa shape index (κ2) is 4.58. The number of anilines is 2. The number of nitrogens with zero attached hydrogens (tertiary/aromatic N) is 5. The van der Waals surface area contributed by atoms with Gasteiger partial charge in [-0.05, 0) is 14.1 Å². The number of imidazole rings is 1. The molecule has 2 N–H and O–H groups in total. The van der Waals surface area contributed by atoms with Crippen molar-refractivity contribution in [1.29, 1.82) is 0 Å². The van der Waals surface area contributed by atoms with Gasteiger partial charge in [-0.3, -0.25) is 0 Å². The summed E-state index contributed by atoms with van der Waals surface area (Å²) in [4.78, 5) is 12.8. The SMILES string of the molecule is CN(C)CCN(C)c1nc(N)cn2ccnc12. The Bertz CT molecular complexity index is 504. The molecule has 0 amide bonds. The minimum atomic E-state index is 0.502. The van der Waals surface area contributed by atoms with Gasteiger partial charge in [0, 0.05) is 32.5 Å². The van der Waals surface area contributed by atoms with Crippen molar-refractivity contribution in [1.82, 2.24) is 19.3 Å². The number of hydrogen-bond donors (Lipinski definition) is 1. The summed E-state index contributed by atoms with van der Waals surface area (Å²) in [5.74, 6) is 1.32. The molecule has 0 fully saturated rings. The van der Waals surface area contributed by atoms with E-state index < -0.39 is 0 Å². The van der Waals surface area contributed by atoms with Crippen molar-refractivity contribution in [3.63, 3.8) is 0 Å². The van der Waals surface area contributed by atoms with Crippen LogP contribution in [0.5, 0.6) is 0 Å². The third-order valence-electron chi connectivity index (χ3n) is 2.62. The zero-order valence-corrected chi connectivity index (χ0v) is 10.5. The molecule has 0 aliphatic rings. The highest BCUT2D eigenvalue weighted by molar-refractivity contribution is 5.65. The zero-order valence-electron chi connectivity index (χ0n) is 10.5. The summed E-state index contributed by atoms with van der Waals surface area (Å²) in [7, 11) is 6.09. The van der Waals surface area contributed by atoms with Crippen LogP contribution in [0.25, 0.3) is 5.65 Å². The lowest BCUT2D eigenvalue weighted by molar-refractivity contribution is 0.416. The molecule has 0 radical (unpaired) electrons. The van der Waals surface area contributed by atoms with Crippen LogP contribution in [-0.2, 0) is 0 Å². The van der Waals surface area contributed by atoms with E-state index in [1.165, 1.54) is 0 Å². The van der Waals surface area contributed by atoms with Crippen molar-refractivity contribution in [3.05, 3.63) is 18.6 Å². The summed E-state index contributed by atoms with van der Waals surface area (Å²) in [6.45, 7) is 1.84. The van der Waals surface area contributed by atoms with E-state index >= 15 is 0 Å². The highest BCUT2D eigenvalue weighted by atomic mass is 15.2. The molecule has 92 valence electrons. The van der Waals surface area contributed by atoms with E-state index in [4.69, 9.17) is 5.73 Å². The Morgan fingerprint density at radius 3 is 2.76 bits per heavy atom. The fraction of sp³-hybridized carbons (Fsp3) is 0.455. The van der Waals surface area contributed by atoms with E-state index in [-0.39, 0.29) is 0 Å². The van der Waals surface area contributed by atoms with Crippen molar-refractivity contribution in [3.8, 4) is 0 Å². The lowest BCUT2D eigenvalue weighted by Gasteiger charge is -2.21. The minimum absolute atomic E-state index is 0.502. The van der Waals surface area contributed by atoms with Crippen LogP contribution in [0.2, 0.25) is 0 Å². The van der Waals surface area contributed by atoms with E-state index in [9.17, 15) is 0 Å². The first-order chi connectivity index (χ1) is 8.08. The maximum absolute atomic E-state index is 5.78. The molecule has 6 nitrogen and oxygen atoms in total. The maximum Gasteiger partial charge on any atom is 0.180 e. The first kappa shape index (κ1) is 11.7.